The summed E-state index contributed by atoms with van der Waals surface area (Å²) in [4.78, 5) is 0. The van der Waals surface area contributed by atoms with Gasteiger partial charge in [0.15, 0.2) is 0 Å². The van der Waals surface area contributed by atoms with Crippen LogP contribution >= 0.6 is 0 Å². The van der Waals surface area contributed by atoms with E-state index in [-0.39, 0.29) is 5.56 Å². The van der Waals surface area contributed by atoms with E-state index in [0.29, 0.717) is 12.4 Å². The van der Waals surface area contributed by atoms with Crippen molar-refractivity contribution < 1.29 is 19.0 Å². The first-order valence-corrected chi connectivity index (χ1v) is 6.33. The molecule has 0 saturated carbocycles. The summed E-state index contributed by atoms with van der Waals surface area (Å²) < 4.78 is 24.3. The summed E-state index contributed by atoms with van der Waals surface area (Å²) in [6.07, 6.45) is -0.828. The zero-order valence-electron chi connectivity index (χ0n) is 11.5. The molecule has 0 unspecified atom stereocenters. The Hall–Kier alpha value is -2.07. The van der Waals surface area contributed by atoms with Crippen molar-refractivity contribution >= 4 is 0 Å². The Kier molecular flexibility index (Phi) is 4.58. The molecule has 0 heterocycles. The first-order chi connectivity index (χ1) is 9.60. The number of aliphatic hydroxyl groups is 1. The first-order valence-electron chi connectivity index (χ1n) is 6.33. The summed E-state index contributed by atoms with van der Waals surface area (Å²) in [7, 11) is 1.61. The predicted molar refractivity (Wildman–Crippen MR) is 74.4 cm³/mol. The Balaban J connectivity index is 2.01. The Labute approximate surface area is 117 Å². The highest BCUT2D eigenvalue weighted by Gasteiger charge is 2.09. The van der Waals surface area contributed by atoms with Crippen molar-refractivity contribution in [2.45, 2.75) is 19.6 Å². The molecular formula is C16H17FO3. The molecule has 2 rings (SSSR count). The van der Waals surface area contributed by atoms with Gasteiger partial charge in [0.2, 0.25) is 0 Å². The fraction of sp³-hybridized carbons (Fsp3) is 0.250. The van der Waals surface area contributed by atoms with E-state index in [9.17, 15) is 9.50 Å². The van der Waals surface area contributed by atoms with Crippen LogP contribution in [0.5, 0.6) is 11.5 Å². The zero-order valence-corrected chi connectivity index (χ0v) is 11.5. The molecule has 2 aromatic carbocycles. The molecule has 1 N–H and O–H groups in total. The molecule has 0 amide bonds. The number of halogens is 1. The normalized spacial score (nSPS) is 12.0. The molecule has 0 saturated heterocycles. The van der Waals surface area contributed by atoms with Gasteiger partial charge in [-0.25, -0.2) is 4.39 Å². The van der Waals surface area contributed by atoms with Crippen molar-refractivity contribution in [1.82, 2.24) is 0 Å². The van der Waals surface area contributed by atoms with Gasteiger partial charge in [-0.3, -0.25) is 0 Å². The highest BCUT2D eigenvalue weighted by Crippen LogP contribution is 2.22. The standard InChI is InChI=1S/C16H17FO3/c1-11(18)15-8-7-14(9-16(15)17)20-10-12-3-5-13(19-2)6-4-12/h3-9,11,18H,10H2,1-2H3/t11-/m1/s1. The molecule has 0 spiro atoms. The van der Waals surface area contributed by atoms with E-state index < -0.39 is 11.9 Å². The third-order valence-corrected chi connectivity index (χ3v) is 2.99. The maximum Gasteiger partial charge on any atom is 0.132 e. The minimum atomic E-state index is -0.828. The molecule has 0 bridgehead atoms. The van der Waals surface area contributed by atoms with Gasteiger partial charge in [0, 0.05) is 11.6 Å². The SMILES string of the molecule is COc1ccc(COc2ccc([C@@H](C)O)c(F)c2)cc1. The van der Waals surface area contributed by atoms with Crippen molar-refractivity contribution in [1.29, 1.82) is 0 Å². The van der Waals surface area contributed by atoms with E-state index >= 15 is 0 Å². The van der Waals surface area contributed by atoms with Gasteiger partial charge in [-0.1, -0.05) is 12.1 Å². The molecule has 0 fully saturated rings. The molecule has 106 valence electrons. The largest absolute Gasteiger partial charge is 0.497 e. The second-order valence-electron chi connectivity index (χ2n) is 4.50. The van der Waals surface area contributed by atoms with Crippen LogP contribution in [-0.2, 0) is 6.61 Å². The van der Waals surface area contributed by atoms with Crippen LogP contribution in [0.4, 0.5) is 4.39 Å². The maximum absolute atomic E-state index is 13.7. The monoisotopic (exact) mass is 276 g/mol. The van der Waals surface area contributed by atoms with Gasteiger partial charge < -0.3 is 14.6 Å². The minimum absolute atomic E-state index is 0.266. The third-order valence-electron chi connectivity index (χ3n) is 2.99. The number of ether oxygens (including phenoxy) is 2. The number of hydrogen-bond donors (Lipinski definition) is 1. The first kappa shape index (κ1) is 14.3. The van der Waals surface area contributed by atoms with Crippen molar-refractivity contribution in [2.75, 3.05) is 7.11 Å². The number of hydrogen-bond acceptors (Lipinski definition) is 3. The Bertz CT molecular complexity index is 564. The van der Waals surface area contributed by atoms with Crippen molar-refractivity contribution in [3.63, 3.8) is 0 Å². The molecule has 1 atom stereocenters. The highest BCUT2D eigenvalue weighted by atomic mass is 19.1. The lowest BCUT2D eigenvalue weighted by atomic mass is 10.1. The fourth-order valence-electron chi connectivity index (χ4n) is 1.82. The number of rotatable bonds is 5. The average Bonchev–Trinajstić information content (AvgIpc) is 2.45. The minimum Gasteiger partial charge on any atom is -0.497 e. The number of methoxy groups -OCH3 is 1. The van der Waals surface area contributed by atoms with Crippen LogP contribution in [-0.4, -0.2) is 12.2 Å². The topological polar surface area (TPSA) is 38.7 Å². The fourth-order valence-corrected chi connectivity index (χ4v) is 1.82. The molecule has 20 heavy (non-hydrogen) atoms. The van der Waals surface area contributed by atoms with Crippen LogP contribution in [0.3, 0.4) is 0 Å². The van der Waals surface area contributed by atoms with Gasteiger partial charge in [0.1, 0.15) is 23.9 Å². The highest BCUT2D eigenvalue weighted by molar-refractivity contribution is 5.31. The van der Waals surface area contributed by atoms with Crippen molar-refractivity contribution in [3.05, 3.63) is 59.4 Å². The second-order valence-corrected chi connectivity index (χ2v) is 4.50. The number of aliphatic hydroxyl groups excluding tert-OH is 1. The molecule has 2 aromatic rings. The molecule has 0 radical (unpaired) electrons. The van der Waals surface area contributed by atoms with E-state index in [1.165, 1.54) is 19.1 Å². The van der Waals surface area contributed by atoms with Crippen LogP contribution < -0.4 is 9.47 Å². The van der Waals surface area contributed by atoms with E-state index in [4.69, 9.17) is 9.47 Å². The maximum atomic E-state index is 13.7. The summed E-state index contributed by atoms with van der Waals surface area (Å²) in [6.45, 7) is 1.87. The third kappa shape index (κ3) is 3.48. The van der Waals surface area contributed by atoms with E-state index in [0.717, 1.165) is 11.3 Å². The molecule has 0 aliphatic carbocycles. The molecule has 0 aliphatic rings. The van der Waals surface area contributed by atoms with Gasteiger partial charge in [-0.2, -0.15) is 0 Å². The summed E-state index contributed by atoms with van der Waals surface area (Å²) in [5.41, 5.74) is 1.23. The lowest BCUT2D eigenvalue weighted by molar-refractivity contribution is 0.194. The van der Waals surface area contributed by atoms with Crippen molar-refractivity contribution in [2.24, 2.45) is 0 Å². The second kappa shape index (κ2) is 6.39. The summed E-state index contributed by atoms with van der Waals surface area (Å²) in [5, 5.41) is 9.36. The zero-order chi connectivity index (χ0) is 14.5. The smallest absolute Gasteiger partial charge is 0.132 e. The Morgan fingerprint density at radius 1 is 1.10 bits per heavy atom. The lowest BCUT2D eigenvalue weighted by Crippen LogP contribution is -1.99. The Morgan fingerprint density at radius 3 is 2.30 bits per heavy atom. The summed E-state index contributed by atoms with van der Waals surface area (Å²) in [5.74, 6) is 0.746. The lowest BCUT2D eigenvalue weighted by Gasteiger charge is -2.10. The van der Waals surface area contributed by atoms with E-state index in [2.05, 4.69) is 0 Å². The molecule has 0 aromatic heterocycles. The van der Waals surface area contributed by atoms with Crippen LogP contribution in [0.15, 0.2) is 42.5 Å². The predicted octanol–water partition coefficient (Wildman–Crippen LogP) is 3.47. The summed E-state index contributed by atoms with van der Waals surface area (Å²) >= 11 is 0. The van der Waals surface area contributed by atoms with E-state index in [1.54, 1.807) is 13.2 Å². The van der Waals surface area contributed by atoms with Crippen LogP contribution in [0.2, 0.25) is 0 Å². The average molecular weight is 276 g/mol. The molecule has 4 heteroatoms. The van der Waals surface area contributed by atoms with Gasteiger partial charge >= 0.3 is 0 Å². The molecule has 0 aliphatic heterocycles. The Morgan fingerprint density at radius 2 is 1.75 bits per heavy atom. The van der Waals surface area contributed by atoms with E-state index in [1.807, 2.05) is 24.3 Å². The van der Waals surface area contributed by atoms with Crippen LogP contribution in [0.1, 0.15) is 24.2 Å². The van der Waals surface area contributed by atoms with Crippen LogP contribution in [0.25, 0.3) is 0 Å². The van der Waals surface area contributed by atoms with Crippen molar-refractivity contribution in [3.8, 4) is 11.5 Å². The molecule has 3 nitrogen and oxygen atoms in total. The number of benzene rings is 2. The molecular weight excluding hydrogens is 259 g/mol. The summed E-state index contributed by atoms with van der Waals surface area (Å²) in [6, 6.07) is 11.9. The van der Waals surface area contributed by atoms with Gasteiger partial charge in [-0.05, 0) is 36.8 Å². The van der Waals surface area contributed by atoms with Crippen LogP contribution in [0, 0.1) is 5.82 Å². The quantitative estimate of drug-likeness (QED) is 0.908. The van der Waals surface area contributed by atoms with Gasteiger partial charge in [-0.15, -0.1) is 0 Å². The van der Waals surface area contributed by atoms with Gasteiger partial charge in [0.05, 0.1) is 13.2 Å². The van der Waals surface area contributed by atoms with Gasteiger partial charge in [0.25, 0.3) is 0 Å².